The number of hydrazine groups is 2. The first-order valence-corrected chi connectivity index (χ1v) is 3.43. The standard InChI is InChI=1S/C5H10ClN3O/c1-2-10-5-3-4-7-9(6)8-5/h3-5,7-8H,2H2,1H3. The van der Waals surface area contributed by atoms with Crippen molar-refractivity contribution in [2.75, 3.05) is 6.61 Å². The highest BCUT2D eigenvalue weighted by molar-refractivity contribution is 6.12. The molecule has 5 heteroatoms. The Morgan fingerprint density at radius 1 is 1.80 bits per heavy atom. The second-order valence-electron chi connectivity index (χ2n) is 1.77. The van der Waals surface area contributed by atoms with E-state index in [1.54, 1.807) is 6.20 Å². The minimum Gasteiger partial charge on any atom is -0.359 e. The van der Waals surface area contributed by atoms with Crippen molar-refractivity contribution >= 4 is 11.8 Å². The van der Waals surface area contributed by atoms with Gasteiger partial charge in [0.05, 0.1) is 0 Å². The first-order chi connectivity index (χ1) is 4.83. The molecule has 0 radical (unpaired) electrons. The first kappa shape index (κ1) is 7.81. The molecule has 1 aliphatic rings. The molecule has 1 rings (SSSR count). The van der Waals surface area contributed by atoms with Gasteiger partial charge in [0.15, 0.2) is 0 Å². The van der Waals surface area contributed by atoms with E-state index in [2.05, 4.69) is 10.9 Å². The van der Waals surface area contributed by atoms with Crippen molar-refractivity contribution < 1.29 is 4.74 Å². The molecule has 2 N–H and O–H groups in total. The molecule has 0 aromatic carbocycles. The molecule has 1 aliphatic heterocycles. The number of halogens is 1. The minimum atomic E-state index is -0.122. The zero-order valence-corrected chi connectivity index (χ0v) is 6.43. The quantitative estimate of drug-likeness (QED) is 0.576. The summed E-state index contributed by atoms with van der Waals surface area (Å²) in [6, 6.07) is 0. The van der Waals surface area contributed by atoms with E-state index in [4.69, 9.17) is 16.5 Å². The molecular weight excluding hydrogens is 154 g/mol. The highest BCUT2D eigenvalue weighted by atomic mass is 35.5. The third-order valence-electron chi connectivity index (χ3n) is 1.05. The molecule has 1 unspecified atom stereocenters. The van der Waals surface area contributed by atoms with Crippen LogP contribution in [0, 0.1) is 0 Å². The molecule has 0 amide bonds. The van der Waals surface area contributed by atoms with Crippen LogP contribution in [0.3, 0.4) is 0 Å². The minimum absolute atomic E-state index is 0.122. The lowest BCUT2D eigenvalue weighted by molar-refractivity contribution is 0.0192. The van der Waals surface area contributed by atoms with Crippen LogP contribution >= 0.6 is 11.8 Å². The monoisotopic (exact) mass is 163 g/mol. The molecule has 0 aromatic rings. The molecule has 0 saturated heterocycles. The fraction of sp³-hybridized carbons (Fsp3) is 0.600. The Kier molecular flexibility index (Phi) is 2.95. The molecule has 0 aliphatic carbocycles. The van der Waals surface area contributed by atoms with Gasteiger partial charge in [-0.3, -0.25) is 5.43 Å². The predicted molar refractivity (Wildman–Crippen MR) is 38.5 cm³/mol. The molecule has 0 aromatic heterocycles. The van der Waals surface area contributed by atoms with Crippen molar-refractivity contribution in [3.8, 4) is 0 Å². The third-order valence-corrected chi connectivity index (χ3v) is 1.24. The van der Waals surface area contributed by atoms with Gasteiger partial charge in [0, 0.05) is 24.6 Å². The van der Waals surface area contributed by atoms with E-state index < -0.39 is 0 Å². The fourth-order valence-electron chi connectivity index (χ4n) is 0.660. The molecule has 4 nitrogen and oxygen atoms in total. The topological polar surface area (TPSA) is 36.5 Å². The second-order valence-corrected chi connectivity index (χ2v) is 2.11. The fourth-order valence-corrected chi connectivity index (χ4v) is 0.813. The van der Waals surface area contributed by atoms with Crippen molar-refractivity contribution in [2.45, 2.75) is 13.2 Å². The van der Waals surface area contributed by atoms with E-state index in [0.717, 1.165) is 0 Å². The summed E-state index contributed by atoms with van der Waals surface area (Å²) in [7, 11) is 0. The smallest absolute Gasteiger partial charge is 0.144 e. The van der Waals surface area contributed by atoms with E-state index in [0.29, 0.717) is 6.61 Å². The Labute approximate surface area is 64.8 Å². The van der Waals surface area contributed by atoms with E-state index in [9.17, 15) is 0 Å². The molecule has 10 heavy (non-hydrogen) atoms. The highest BCUT2D eigenvalue weighted by Gasteiger charge is 2.10. The van der Waals surface area contributed by atoms with Crippen LogP contribution in [-0.4, -0.2) is 17.5 Å². The average Bonchev–Trinajstić information content (AvgIpc) is 1.88. The lowest BCUT2D eigenvalue weighted by atomic mass is 10.5. The van der Waals surface area contributed by atoms with Crippen LogP contribution in [0.15, 0.2) is 12.3 Å². The number of ether oxygens (including phenoxy) is 1. The number of nitrogens with one attached hydrogen (secondary N) is 2. The van der Waals surface area contributed by atoms with Gasteiger partial charge in [-0.2, -0.15) is 5.43 Å². The van der Waals surface area contributed by atoms with Gasteiger partial charge in [0.25, 0.3) is 0 Å². The maximum Gasteiger partial charge on any atom is 0.144 e. The Morgan fingerprint density at radius 3 is 3.20 bits per heavy atom. The summed E-state index contributed by atoms with van der Waals surface area (Å²) in [4.78, 5) is 0. The van der Waals surface area contributed by atoms with Crippen LogP contribution in [0.25, 0.3) is 0 Å². The molecule has 0 saturated carbocycles. The molecule has 0 fully saturated rings. The summed E-state index contributed by atoms with van der Waals surface area (Å²) >= 11 is 5.53. The summed E-state index contributed by atoms with van der Waals surface area (Å²) in [5, 5.41) is 0. The number of hydrogen-bond donors (Lipinski definition) is 2. The van der Waals surface area contributed by atoms with Gasteiger partial charge in [-0.1, -0.05) is 4.64 Å². The van der Waals surface area contributed by atoms with Gasteiger partial charge >= 0.3 is 0 Å². The van der Waals surface area contributed by atoms with Gasteiger partial charge in [-0.05, 0) is 13.0 Å². The van der Waals surface area contributed by atoms with E-state index in [-0.39, 0.29) is 6.23 Å². The molecule has 58 valence electrons. The zero-order valence-electron chi connectivity index (χ0n) is 5.67. The van der Waals surface area contributed by atoms with Crippen molar-refractivity contribution in [3.63, 3.8) is 0 Å². The average molecular weight is 164 g/mol. The van der Waals surface area contributed by atoms with Gasteiger partial charge < -0.3 is 4.74 Å². The van der Waals surface area contributed by atoms with Crippen LogP contribution in [0.1, 0.15) is 6.92 Å². The van der Waals surface area contributed by atoms with Gasteiger partial charge in [0.1, 0.15) is 6.23 Å². The molecule has 1 atom stereocenters. The summed E-state index contributed by atoms with van der Waals surface area (Å²) in [6.07, 6.45) is 3.43. The Balaban J connectivity index is 2.32. The summed E-state index contributed by atoms with van der Waals surface area (Å²) in [5.41, 5.74) is 5.49. The largest absolute Gasteiger partial charge is 0.359 e. The van der Waals surface area contributed by atoms with Gasteiger partial charge in [-0.25, -0.2) is 0 Å². The molecule has 0 spiro atoms. The van der Waals surface area contributed by atoms with E-state index in [1.165, 1.54) is 4.64 Å². The number of nitrogens with zero attached hydrogens (tertiary/aromatic N) is 1. The van der Waals surface area contributed by atoms with Gasteiger partial charge in [-0.15, -0.1) is 0 Å². The van der Waals surface area contributed by atoms with Crippen LogP contribution in [0.5, 0.6) is 0 Å². The van der Waals surface area contributed by atoms with Crippen LogP contribution < -0.4 is 10.9 Å². The summed E-state index contributed by atoms with van der Waals surface area (Å²) < 4.78 is 6.41. The van der Waals surface area contributed by atoms with E-state index >= 15 is 0 Å². The summed E-state index contributed by atoms with van der Waals surface area (Å²) in [6.45, 7) is 2.59. The molecular formula is C5H10ClN3O. The zero-order chi connectivity index (χ0) is 7.40. The van der Waals surface area contributed by atoms with Crippen molar-refractivity contribution in [1.82, 2.24) is 15.5 Å². The van der Waals surface area contributed by atoms with Crippen LogP contribution in [-0.2, 0) is 4.74 Å². The Morgan fingerprint density at radius 2 is 2.60 bits per heavy atom. The lowest BCUT2D eigenvalue weighted by Gasteiger charge is -2.24. The SMILES string of the molecule is CCOC1C=CNN(Cl)N1. The number of hydrogen-bond acceptors (Lipinski definition) is 4. The second kappa shape index (κ2) is 3.78. The maximum atomic E-state index is 5.53. The number of rotatable bonds is 2. The van der Waals surface area contributed by atoms with Crippen LogP contribution in [0.2, 0.25) is 0 Å². The van der Waals surface area contributed by atoms with Crippen molar-refractivity contribution in [2.24, 2.45) is 0 Å². The Bertz CT molecular complexity index is 130. The molecule has 0 bridgehead atoms. The third kappa shape index (κ3) is 2.15. The van der Waals surface area contributed by atoms with Crippen molar-refractivity contribution in [1.29, 1.82) is 0 Å². The predicted octanol–water partition coefficient (Wildman–Crippen LogP) is 0.341. The maximum absolute atomic E-state index is 5.53. The van der Waals surface area contributed by atoms with Crippen LogP contribution in [0.4, 0.5) is 0 Å². The summed E-state index contributed by atoms with van der Waals surface area (Å²) in [5.74, 6) is 0. The van der Waals surface area contributed by atoms with Crippen molar-refractivity contribution in [3.05, 3.63) is 12.3 Å². The Hall–Kier alpha value is -0.290. The normalized spacial score (nSPS) is 26.4. The first-order valence-electron chi connectivity index (χ1n) is 3.09. The van der Waals surface area contributed by atoms with E-state index in [1.807, 2.05) is 13.0 Å². The lowest BCUT2D eigenvalue weighted by Crippen LogP contribution is -2.48. The highest BCUT2D eigenvalue weighted by Crippen LogP contribution is 1.97. The molecule has 1 heterocycles. The van der Waals surface area contributed by atoms with Gasteiger partial charge in [0.2, 0.25) is 0 Å².